The second kappa shape index (κ2) is 9.78. The van der Waals surface area contributed by atoms with Gasteiger partial charge < -0.3 is 18.9 Å². The molecule has 1 heterocycles. The summed E-state index contributed by atoms with van der Waals surface area (Å²) in [5.41, 5.74) is 1.95. The molecule has 0 atom stereocenters. The highest BCUT2D eigenvalue weighted by Crippen LogP contribution is 2.42. The predicted octanol–water partition coefficient (Wildman–Crippen LogP) is 4.63. The van der Waals surface area contributed by atoms with E-state index in [0.717, 1.165) is 0 Å². The number of ether oxygens (including phenoxy) is 4. The summed E-state index contributed by atoms with van der Waals surface area (Å²) in [5, 5.41) is 0.540. The second-order valence-electron chi connectivity index (χ2n) is 6.78. The lowest BCUT2D eigenvalue weighted by Gasteiger charge is -2.18. The van der Waals surface area contributed by atoms with Gasteiger partial charge in [-0.05, 0) is 56.3 Å². The van der Waals surface area contributed by atoms with E-state index in [1.807, 2.05) is 0 Å². The number of rotatable bonds is 7. The van der Waals surface area contributed by atoms with Crippen LogP contribution in [-0.4, -0.2) is 39.8 Å². The average Bonchev–Trinajstić information content (AvgIpc) is 3.03. The Morgan fingerprint density at radius 1 is 1.00 bits per heavy atom. The number of carbonyl (C=O) groups is 2. The van der Waals surface area contributed by atoms with E-state index in [4.69, 9.17) is 30.5 Å². The topological polar surface area (TPSA) is 74.3 Å². The molecule has 1 aliphatic heterocycles. The molecule has 168 valence electrons. The lowest BCUT2D eigenvalue weighted by molar-refractivity contribution is -0.138. The van der Waals surface area contributed by atoms with Crippen molar-refractivity contribution in [1.29, 1.82) is 0 Å². The molecule has 0 N–H and O–H groups in total. The zero-order chi connectivity index (χ0) is 23.4. The van der Waals surface area contributed by atoms with E-state index in [0.29, 0.717) is 39.2 Å². The quantitative estimate of drug-likeness (QED) is 0.445. The van der Waals surface area contributed by atoms with Gasteiger partial charge in [0.25, 0.3) is 5.91 Å². The summed E-state index contributed by atoms with van der Waals surface area (Å²) in [4.78, 5) is 27.8. The number of hydrogen-bond donors (Lipinski definition) is 0. The molecule has 7 nitrogen and oxygen atoms in total. The van der Waals surface area contributed by atoms with Crippen LogP contribution in [0.5, 0.6) is 17.2 Å². The predicted molar refractivity (Wildman–Crippen MR) is 122 cm³/mol. The van der Waals surface area contributed by atoms with E-state index in [-0.39, 0.29) is 23.7 Å². The number of nitrogens with zero attached hydrogens (tertiary/aromatic N) is 1. The number of halogens is 1. The minimum atomic E-state index is -0.583. The molecule has 0 saturated heterocycles. The van der Waals surface area contributed by atoms with Crippen LogP contribution >= 0.6 is 11.6 Å². The van der Waals surface area contributed by atoms with E-state index in [2.05, 4.69) is 0 Å². The Bertz CT molecular complexity index is 1100. The number of benzene rings is 2. The second-order valence-corrected chi connectivity index (χ2v) is 7.22. The maximum Gasteiger partial charge on any atom is 0.340 e. The largest absolute Gasteiger partial charge is 0.493 e. The molecule has 8 heteroatoms. The first-order chi connectivity index (χ1) is 15.4. The van der Waals surface area contributed by atoms with Gasteiger partial charge in [0.05, 0.1) is 39.1 Å². The molecule has 2 aromatic rings. The molecular weight excluding hydrogens is 434 g/mol. The van der Waals surface area contributed by atoms with E-state index in [1.165, 1.54) is 26.2 Å². The smallest absolute Gasteiger partial charge is 0.340 e. The van der Waals surface area contributed by atoms with Gasteiger partial charge in [-0.2, -0.15) is 0 Å². The first-order valence-electron chi connectivity index (χ1n) is 9.86. The minimum absolute atomic E-state index is 0.178. The normalized spacial score (nSPS) is 14.8. The third-order valence-electron chi connectivity index (χ3n) is 5.00. The van der Waals surface area contributed by atoms with Gasteiger partial charge in [0.2, 0.25) is 5.75 Å². The van der Waals surface area contributed by atoms with Crippen LogP contribution in [0.1, 0.15) is 19.4 Å². The summed E-state index contributed by atoms with van der Waals surface area (Å²) < 4.78 is 21.5. The Kier molecular flexibility index (Phi) is 7.10. The molecule has 0 saturated carbocycles. The molecule has 0 bridgehead atoms. The molecule has 32 heavy (non-hydrogen) atoms. The van der Waals surface area contributed by atoms with Crippen LogP contribution in [0.4, 0.5) is 5.69 Å². The first kappa shape index (κ1) is 23.2. The number of allylic oxidation sites excluding steroid dienone is 1. The molecule has 0 radical (unpaired) electrons. The number of carbonyl (C=O) groups excluding carboxylic acids is 2. The Hall–Kier alpha value is -3.45. The highest BCUT2D eigenvalue weighted by atomic mass is 35.5. The molecule has 1 amide bonds. The van der Waals surface area contributed by atoms with Crippen molar-refractivity contribution >= 4 is 35.2 Å². The Labute approximate surface area is 191 Å². The SMILES string of the molecule is CCOC(=O)C1=C(C)N(c2ccc(Cl)cc2)C(=O)/C1=C\c1ccc(OC)c(OC)c1OC. The minimum Gasteiger partial charge on any atom is -0.493 e. The molecule has 0 aromatic heterocycles. The van der Waals surface area contributed by atoms with Crippen molar-refractivity contribution in [1.82, 2.24) is 0 Å². The van der Waals surface area contributed by atoms with Crippen molar-refractivity contribution in [2.24, 2.45) is 0 Å². The fraction of sp³-hybridized carbons (Fsp3) is 0.250. The zero-order valence-electron chi connectivity index (χ0n) is 18.5. The molecule has 1 aliphatic rings. The first-order valence-corrected chi connectivity index (χ1v) is 10.2. The number of esters is 1. The number of hydrogen-bond acceptors (Lipinski definition) is 6. The molecule has 0 unspecified atom stereocenters. The highest BCUT2D eigenvalue weighted by molar-refractivity contribution is 6.30. The van der Waals surface area contributed by atoms with Gasteiger partial charge in [-0.15, -0.1) is 0 Å². The molecule has 0 spiro atoms. The summed E-state index contributed by atoms with van der Waals surface area (Å²) in [5.74, 6) is 0.273. The zero-order valence-corrected chi connectivity index (χ0v) is 19.3. The van der Waals surface area contributed by atoms with Crippen molar-refractivity contribution in [2.45, 2.75) is 13.8 Å². The molecule has 2 aromatic carbocycles. The van der Waals surface area contributed by atoms with Gasteiger partial charge in [0, 0.05) is 22.0 Å². The van der Waals surface area contributed by atoms with Gasteiger partial charge in [-0.25, -0.2) is 4.79 Å². The summed E-state index contributed by atoms with van der Waals surface area (Å²) in [6.07, 6.45) is 1.59. The van der Waals surface area contributed by atoms with Gasteiger partial charge in [0.15, 0.2) is 11.5 Å². The Balaban J connectivity index is 2.20. The van der Waals surface area contributed by atoms with Crippen LogP contribution in [0.2, 0.25) is 5.02 Å². The number of anilines is 1. The van der Waals surface area contributed by atoms with Gasteiger partial charge in [0.1, 0.15) is 0 Å². The van der Waals surface area contributed by atoms with Crippen LogP contribution in [-0.2, 0) is 14.3 Å². The van der Waals surface area contributed by atoms with Crippen molar-refractivity contribution < 1.29 is 28.5 Å². The summed E-state index contributed by atoms with van der Waals surface area (Å²) >= 11 is 6.00. The number of amides is 1. The van der Waals surface area contributed by atoms with Crippen LogP contribution in [0.25, 0.3) is 6.08 Å². The summed E-state index contributed by atoms with van der Waals surface area (Å²) in [6, 6.07) is 10.2. The average molecular weight is 458 g/mol. The van der Waals surface area contributed by atoms with Crippen molar-refractivity contribution in [3.8, 4) is 17.2 Å². The van der Waals surface area contributed by atoms with Gasteiger partial charge in [-0.1, -0.05) is 11.6 Å². The lowest BCUT2D eigenvalue weighted by atomic mass is 10.0. The fourth-order valence-corrected chi connectivity index (χ4v) is 3.70. The Morgan fingerprint density at radius 2 is 1.66 bits per heavy atom. The molecule has 0 fully saturated rings. The maximum absolute atomic E-state index is 13.5. The van der Waals surface area contributed by atoms with Gasteiger partial charge >= 0.3 is 5.97 Å². The van der Waals surface area contributed by atoms with Gasteiger partial charge in [-0.3, -0.25) is 9.69 Å². The van der Waals surface area contributed by atoms with Crippen molar-refractivity contribution in [2.75, 3.05) is 32.8 Å². The number of methoxy groups -OCH3 is 3. The third-order valence-corrected chi connectivity index (χ3v) is 5.25. The molecule has 3 rings (SSSR count). The van der Waals surface area contributed by atoms with Crippen molar-refractivity contribution in [3.63, 3.8) is 0 Å². The summed E-state index contributed by atoms with van der Waals surface area (Å²) in [7, 11) is 4.50. The van der Waals surface area contributed by atoms with Crippen molar-refractivity contribution in [3.05, 3.63) is 63.8 Å². The standard InChI is InChI=1S/C24H24ClNO6/c1-6-32-24(28)20-14(2)26(17-10-8-16(25)9-11-17)23(27)18(20)13-15-7-12-19(29-3)22(31-5)21(15)30-4/h7-13H,6H2,1-5H3/b18-13-. The maximum atomic E-state index is 13.5. The highest BCUT2D eigenvalue weighted by Gasteiger charge is 2.38. The monoisotopic (exact) mass is 457 g/mol. The molecule has 0 aliphatic carbocycles. The lowest BCUT2D eigenvalue weighted by Crippen LogP contribution is -2.24. The van der Waals surface area contributed by atoms with Crippen LogP contribution in [0, 0.1) is 0 Å². The summed E-state index contributed by atoms with van der Waals surface area (Å²) in [6.45, 7) is 3.59. The third kappa shape index (κ3) is 4.16. The van der Waals surface area contributed by atoms with E-state index in [1.54, 1.807) is 56.3 Å². The van der Waals surface area contributed by atoms with E-state index >= 15 is 0 Å². The fourth-order valence-electron chi connectivity index (χ4n) is 3.58. The van der Waals surface area contributed by atoms with E-state index < -0.39 is 5.97 Å². The van der Waals surface area contributed by atoms with Crippen LogP contribution in [0.15, 0.2) is 53.2 Å². The van der Waals surface area contributed by atoms with Crippen LogP contribution in [0.3, 0.4) is 0 Å². The van der Waals surface area contributed by atoms with Crippen LogP contribution < -0.4 is 19.1 Å². The van der Waals surface area contributed by atoms with E-state index in [9.17, 15) is 9.59 Å². The Morgan fingerprint density at radius 3 is 2.22 bits per heavy atom. The molecular formula is C24H24ClNO6.